The van der Waals surface area contributed by atoms with Gasteiger partial charge in [0.25, 0.3) is 0 Å². The van der Waals surface area contributed by atoms with Crippen LogP contribution >= 0.6 is 0 Å². The molecule has 2 N–H and O–H groups in total. The van der Waals surface area contributed by atoms with Crippen molar-refractivity contribution in [2.45, 2.75) is 34.1 Å². The van der Waals surface area contributed by atoms with Crippen molar-refractivity contribution in [3.8, 4) is 0 Å². The molecule has 1 aromatic carbocycles. The number of aryl methyl sites for hydroxylation is 1. The van der Waals surface area contributed by atoms with Gasteiger partial charge in [-0.2, -0.15) is 0 Å². The molecular weight excluding hydrogens is 342 g/mol. The Morgan fingerprint density at radius 3 is 2.41 bits per heavy atom. The van der Waals surface area contributed by atoms with Crippen molar-refractivity contribution in [1.82, 2.24) is 15.1 Å². The van der Waals surface area contributed by atoms with Crippen molar-refractivity contribution in [3.05, 3.63) is 29.8 Å². The van der Waals surface area contributed by atoms with Crippen LogP contribution in [0.1, 0.15) is 33.3 Å². The van der Waals surface area contributed by atoms with E-state index in [2.05, 4.69) is 22.5 Å². The van der Waals surface area contributed by atoms with E-state index in [-0.39, 0.29) is 24.9 Å². The smallest absolute Gasteiger partial charge is 0.246 e. The molecular formula is C20H33N5O2. The molecule has 27 heavy (non-hydrogen) atoms. The molecule has 0 aliphatic carbocycles. The number of amides is 2. The van der Waals surface area contributed by atoms with Gasteiger partial charge in [-0.05, 0) is 44.9 Å². The second-order valence-electron chi connectivity index (χ2n) is 6.19. The predicted molar refractivity (Wildman–Crippen MR) is 111 cm³/mol. The van der Waals surface area contributed by atoms with Gasteiger partial charge in [-0.25, -0.2) is 4.99 Å². The van der Waals surface area contributed by atoms with Gasteiger partial charge >= 0.3 is 0 Å². The largest absolute Gasteiger partial charge is 0.356 e. The Bertz CT molecular complexity index is 641. The Hall–Kier alpha value is -2.57. The number of guanidine groups is 1. The molecule has 0 aliphatic heterocycles. The molecule has 0 saturated carbocycles. The number of aliphatic imine (C=N–C) groups is 1. The molecule has 0 saturated heterocycles. The van der Waals surface area contributed by atoms with Crippen LogP contribution in [0.25, 0.3) is 0 Å². The number of hydrogen-bond acceptors (Lipinski definition) is 3. The van der Waals surface area contributed by atoms with Crippen LogP contribution in [0.2, 0.25) is 0 Å². The van der Waals surface area contributed by atoms with Gasteiger partial charge in [0, 0.05) is 32.4 Å². The third-order valence-corrected chi connectivity index (χ3v) is 4.18. The van der Waals surface area contributed by atoms with Crippen molar-refractivity contribution in [2.75, 3.05) is 45.1 Å². The lowest BCUT2D eigenvalue weighted by Gasteiger charge is -2.25. The van der Waals surface area contributed by atoms with Crippen molar-refractivity contribution in [3.63, 3.8) is 0 Å². The molecule has 0 unspecified atom stereocenters. The van der Waals surface area contributed by atoms with E-state index in [1.54, 1.807) is 16.8 Å². The zero-order chi connectivity index (χ0) is 20.2. The first-order valence-corrected chi connectivity index (χ1v) is 9.61. The highest BCUT2D eigenvalue weighted by atomic mass is 16.2. The Balaban J connectivity index is 2.70. The third-order valence-electron chi connectivity index (χ3n) is 4.18. The summed E-state index contributed by atoms with van der Waals surface area (Å²) < 4.78 is 0. The molecule has 150 valence electrons. The molecule has 1 rings (SSSR count). The molecule has 0 heterocycles. The van der Waals surface area contributed by atoms with Crippen LogP contribution in [0, 0.1) is 0 Å². The summed E-state index contributed by atoms with van der Waals surface area (Å²) in [6, 6.07) is 7.77. The number of hydrogen-bond donors (Lipinski definition) is 2. The Morgan fingerprint density at radius 1 is 1.11 bits per heavy atom. The zero-order valence-corrected chi connectivity index (χ0v) is 17.2. The molecule has 0 fully saturated rings. The number of nitrogens with zero attached hydrogens (tertiary/aromatic N) is 3. The number of anilines is 1. The molecule has 0 bridgehead atoms. The van der Waals surface area contributed by atoms with Crippen LogP contribution in [-0.4, -0.2) is 67.3 Å². The lowest BCUT2D eigenvalue weighted by Crippen LogP contribution is -2.46. The highest BCUT2D eigenvalue weighted by Crippen LogP contribution is 2.10. The lowest BCUT2D eigenvalue weighted by molar-refractivity contribution is -0.131. The van der Waals surface area contributed by atoms with Crippen LogP contribution in [0.4, 0.5) is 5.69 Å². The SMILES string of the molecule is CCNC(=NCC(=O)Nc1cccc(CC)c1)N(C)CC(=O)N(CC)CC. The summed E-state index contributed by atoms with van der Waals surface area (Å²) in [6.07, 6.45) is 0.914. The van der Waals surface area contributed by atoms with Gasteiger partial charge in [-0.3, -0.25) is 9.59 Å². The minimum Gasteiger partial charge on any atom is -0.356 e. The van der Waals surface area contributed by atoms with Crippen LogP contribution < -0.4 is 10.6 Å². The second kappa shape index (κ2) is 11.9. The van der Waals surface area contributed by atoms with Crippen molar-refractivity contribution < 1.29 is 9.59 Å². The molecule has 0 radical (unpaired) electrons. The first kappa shape index (κ1) is 22.5. The normalized spacial score (nSPS) is 11.1. The first-order chi connectivity index (χ1) is 12.9. The number of carbonyl (C=O) groups excluding carboxylic acids is 2. The van der Waals surface area contributed by atoms with E-state index >= 15 is 0 Å². The molecule has 7 heteroatoms. The summed E-state index contributed by atoms with van der Waals surface area (Å²) in [4.78, 5) is 32.4. The van der Waals surface area contributed by atoms with Crippen molar-refractivity contribution in [2.24, 2.45) is 4.99 Å². The van der Waals surface area contributed by atoms with E-state index in [1.165, 1.54) is 5.56 Å². The minimum atomic E-state index is -0.192. The van der Waals surface area contributed by atoms with E-state index < -0.39 is 0 Å². The van der Waals surface area contributed by atoms with Crippen LogP contribution in [0.5, 0.6) is 0 Å². The average Bonchev–Trinajstić information content (AvgIpc) is 2.66. The first-order valence-electron chi connectivity index (χ1n) is 9.61. The second-order valence-corrected chi connectivity index (χ2v) is 6.19. The summed E-state index contributed by atoms with van der Waals surface area (Å²) in [5.74, 6) is 0.381. The lowest BCUT2D eigenvalue weighted by atomic mass is 10.1. The molecule has 0 aromatic heterocycles. The highest BCUT2D eigenvalue weighted by Gasteiger charge is 2.15. The van der Waals surface area contributed by atoms with E-state index in [0.717, 1.165) is 12.1 Å². The fraction of sp³-hybridized carbons (Fsp3) is 0.550. The standard InChI is InChI=1S/C20H33N5O2/c1-6-16-11-10-12-17(13-16)23-18(26)14-22-20(21-7-2)24(5)15-19(27)25(8-3)9-4/h10-13H,6-9,14-15H2,1-5H3,(H,21,22)(H,23,26). The van der Waals surface area contributed by atoms with Gasteiger partial charge < -0.3 is 20.4 Å². The van der Waals surface area contributed by atoms with Crippen LogP contribution in [0.3, 0.4) is 0 Å². The topological polar surface area (TPSA) is 77.0 Å². The maximum atomic E-state index is 12.3. The van der Waals surface area contributed by atoms with Crippen molar-refractivity contribution in [1.29, 1.82) is 0 Å². The van der Waals surface area contributed by atoms with Gasteiger partial charge in [-0.15, -0.1) is 0 Å². The zero-order valence-electron chi connectivity index (χ0n) is 17.2. The van der Waals surface area contributed by atoms with E-state index in [4.69, 9.17) is 0 Å². The van der Waals surface area contributed by atoms with Crippen molar-refractivity contribution >= 4 is 23.5 Å². The van der Waals surface area contributed by atoms with Gasteiger partial charge in [0.15, 0.2) is 5.96 Å². The van der Waals surface area contributed by atoms with Gasteiger partial charge in [0.1, 0.15) is 6.54 Å². The molecule has 0 aliphatic rings. The van der Waals surface area contributed by atoms with Gasteiger partial charge in [-0.1, -0.05) is 19.1 Å². The molecule has 2 amide bonds. The number of nitrogens with one attached hydrogen (secondary N) is 2. The van der Waals surface area contributed by atoms with E-state index in [1.807, 2.05) is 45.0 Å². The summed E-state index contributed by atoms with van der Waals surface area (Å²) in [7, 11) is 1.80. The van der Waals surface area contributed by atoms with Crippen LogP contribution in [0.15, 0.2) is 29.3 Å². The number of likely N-dealkylation sites (N-methyl/N-ethyl adjacent to an activating group) is 2. The molecule has 0 atom stereocenters. The highest BCUT2D eigenvalue weighted by molar-refractivity contribution is 5.94. The average molecular weight is 376 g/mol. The Labute approximate surface area is 162 Å². The predicted octanol–water partition coefficient (Wildman–Crippen LogP) is 1.95. The summed E-state index contributed by atoms with van der Waals surface area (Å²) in [5.41, 5.74) is 1.93. The van der Waals surface area contributed by atoms with E-state index in [0.29, 0.717) is 25.6 Å². The quantitative estimate of drug-likeness (QED) is 0.511. The maximum Gasteiger partial charge on any atom is 0.246 e. The third kappa shape index (κ3) is 7.68. The fourth-order valence-electron chi connectivity index (χ4n) is 2.64. The number of rotatable bonds is 9. The summed E-state index contributed by atoms with van der Waals surface area (Å²) in [6.45, 7) is 10.2. The monoisotopic (exact) mass is 375 g/mol. The Kier molecular flexibility index (Phi) is 9.93. The molecule has 0 spiro atoms. The van der Waals surface area contributed by atoms with Crippen LogP contribution in [-0.2, 0) is 16.0 Å². The van der Waals surface area contributed by atoms with Gasteiger partial charge in [0.2, 0.25) is 11.8 Å². The maximum absolute atomic E-state index is 12.3. The summed E-state index contributed by atoms with van der Waals surface area (Å²) >= 11 is 0. The minimum absolute atomic E-state index is 0.0114. The van der Waals surface area contributed by atoms with Gasteiger partial charge in [0.05, 0.1) is 6.54 Å². The summed E-state index contributed by atoms with van der Waals surface area (Å²) in [5, 5.41) is 5.99. The molecule has 7 nitrogen and oxygen atoms in total. The number of carbonyl (C=O) groups is 2. The van der Waals surface area contributed by atoms with E-state index in [9.17, 15) is 9.59 Å². The molecule has 1 aromatic rings. The fourth-order valence-corrected chi connectivity index (χ4v) is 2.64. The number of benzene rings is 1. The Morgan fingerprint density at radius 2 is 1.81 bits per heavy atom.